The number of carbonyl (C=O) groups excluding carboxylic acids is 2. The zero-order valence-corrected chi connectivity index (χ0v) is 14.4. The molecular weight excluding hydrogens is 336 g/mol. The molecule has 1 fully saturated rings. The van der Waals surface area contributed by atoms with E-state index in [1.54, 1.807) is 36.3 Å². The van der Waals surface area contributed by atoms with Gasteiger partial charge in [0.05, 0.1) is 7.11 Å². The molecule has 1 aromatic carbocycles. The van der Waals surface area contributed by atoms with Crippen LogP contribution in [0.3, 0.4) is 0 Å². The standard InChI is InChI=1S/C18H20N4O4/c1-26-14-4-2-3-12(11-14)18(25)22-9-7-13(8-10-22)19-17(24)15-5-6-16(23)21-20-15/h2-6,11,13H,7-10H2,1H3,(H,19,24)(H,21,23). The lowest BCUT2D eigenvalue weighted by Gasteiger charge is -2.32. The van der Waals surface area contributed by atoms with Gasteiger partial charge in [-0.05, 0) is 37.1 Å². The van der Waals surface area contributed by atoms with Gasteiger partial charge in [0.1, 0.15) is 11.4 Å². The van der Waals surface area contributed by atoms with Gasteiger partial charge in [-0.3, -0.25) is 14.4 Å². The van der Waals surface area contributed by atoms with E-state index in [0.717, 1.165) is 0 Å². The monoisotopic (exact) mass is 356 g/mol. The molecular formula is C18H20N4O4. The molecule has 0 radical (unpaired) electrons. The van der Waals surface area contributed by atoms with Crippen molar-refractivity contribution < 1.29 is 14.3 Å². The minimum Gasteiger partial charge on any atom is -0.497 e. The average Bonchev–Trinajstić information content (AvgIpc) is 2.68. The summed E-state index contributed by atoms with van der Waals surface area (Å²) in [6.07, 6.45) is 1.32. The number of nitrogens with one attached hydrogen (secondary N) is 2. The first-order valence-corrected chi connectivity index (χ1v) is 8.37. The minimum absolute atomic E-state index is 0.0365. The number of nitrogens with zero attached hydrogens (tertiary/aromatic N) is 2. The molecule has 0 aliphatic carbocycles. The van der Waals surface area contributed by atoms with E-state index in [1.165, 1.54) is 12.1 Å². The van der Waals surface area contributed by atoms with Gasteiger partial charge in [-0.25, -0.2) is 5.10 Å². The Balaban J connectivity index is 1.55. The fraction of sp³-hybridized carbons (Fsp3) is 0.333. The van der Waals surface area contributed by atoms with E-state index in [4.69, 9.17) is 4.74 Å². The molecule has 2 amide bonds. The van der Waals surface area contributed by atoms with E-state index < -0.39 is 0 Å². The predicted octanol–water partition coefficient (Wildman–Crippen LogP) is 0.813. The number of hydrogen-bond donors (Lipinski definition) is 2. The molecule has 8 nitrogen and oxygen atoms in total. The molecule has 136 valence electrons. The molecule has 2 aromatic rings. The number of likely N-dealkylation sites (tertiary alicyclic amines) is 1. The van der Waals surface area contributed by atoms with Crippen LogP contribution in [0.5, 0.6) is 5.75 Å². The normalized spacial score (nSPS) is 14.7. The van der Waals surface area contributed by atoms with Crippen molar-refractivity contribution in [1.29, 1.82) is 0 Å². The van der Waals surface area contributed by atoms with Crippen LogP contribution in [-0.2, 0) is 0 Å². The van der Waals surface area contributed by atoms with Crippen LogP contribution in [0.4, 0.5) is 0 Å². The molecule has 0 saturated carbocycles. The third-order valence-corrected chi connectivity index (χ3v) is 4.35. The number of aromatic amines is 1. The molecule has 0 bridgehead atoms. The van der Waals surface area contributed by atoms with Gasteiger partial charge in [-0.15, -0.1) is 0 Å². The summed E-state index contributed by atoms with van der Waals surface area (Å²) in [4.78, 5) is 37.5. The molecule has 0 atom stereocenters. The smallest absolute Gasteiger partial charge is 0.271 e. The molecule has 2 heterocycles. The highest BCUT2D eigenvalue weighted by atomic mass is 16.5. The predicted molar refractivity (Wildman–Crippen MR) is 94.2 cm³/mol. The second-order valence-corrected chi connectivity index (χ2v) is 6.08. The van der Waals surface area contributed by atoms with Gasteiger partial charge in [0.25, 0.3) is 17.4 Å². The molecule has 3 rings (SSSR count). The maximum atomic E-state index is 12.6. The SMILES string of the molecule is COc1cccc(C(=O)N2CCC(NC(=O)c3ccc(=O)[nH]n3)CC2)c1. The quantitative estimate of drug-likeness (QED) is 0.844. The summed E-state index contributed by atoms with van der Waals surface area (Å²) < 4.78 is 5.16. The van der Waals surface area contributed by atoms with E-state index in [2.05, 4.69) is 15.5 Å². The fourth-order valence-electron chi connectivity index (χ4n) is 2.90. The largest absolute Gasteiger partial charge is 0.497 e. The lowest BCUT2D eigenvalue weighted by atomic mass is 10.0. The van der Waals surface area contributed by atoms with Crippen molar-refractivity contribution in [3.8, 4) is 5.75 Å². The Kier molecular flexibility index (Phi) is 5.31. The summed E-state index contributed by atoms with van der Waals surface area (Å²) in [5.41, 5.74) is 0.398. The number of methoxy groups -OCH3 is 1. The Labute approximate surface area is 150 Å². The number of ether oxygens (including phenoxy) is 1. The Bertz CT molecular complexity index is 836. The Hall–Kier alpha value is -3.16. The number of H-pyrrole nitrogens is 1. The van der Waals surface area contributed by atoms with Crippen LogP contribution >= 0.6 is 0 Å². The highest BCUT2D eigenvalue weighted by molar-refractivity contribution is 5.95. The van der Waals surface area contributed by atoms with Crippen molar-refractivity contribution in [1.82, 2.24) is 20.4 Å². The number of aromatic nitrogens is 2. The van der Waals surface area contributed by atoms with Crippen LogP contribution in [0.2, 0.25) is 0 Å². The summed E-state index contributed by atoms with van der Waals surface area (Å²) in [6.45, 7) is 1.11. The molecule has 0 spiro atoms. The van der Waals surface area contributed by atoms with Crippen LogP contribution in [0, 0.1) is 0 Å². The molecule has 1 aliphatic heterocycles. The second-order valence-electron chi connectivity index (χ2n) is 6.08. The van der Waals surface area contributed by atoms with Crippen molar-refractivity contribution in [2.24, 2.45) is 0 Å². The highest BCUT2D eigenvalue weighted by Gasteiger charge is 2.25. The summed E-state index contributed by atoms with van der Waals surface area (Å²) in [5, 5.41) is 8.85. The van der Waals surface area contributed by atoms with Crippen molar-refractivity contribution in [2.45, 2.75) is 18.9 Å². The Morgan fingerprint density at radius 2 is 2.00 bits per heavy atom. The van der Waals surface area contributed by atoms with Gasteiger partial charge >= 0.3 is 0 Å². The summed E-state index contributed by atoms with van der Waals surface area (Å²) in [6, 6.07) is 9.68. The molecule has 1 aromatic heterocycles. The topological polar surface area (TPSA) is 104 Å². The lowest BCUT2D eigenvalue weighted by molar-refractivity contribution is 0.0697. The maximum absolute atomic E-state index is 12.6. The second kappa shape index (κ2) is 7.81. The van der Waals surface area contributed by atoms with Crippen LogP contribution in [0.1, 0.15) is 33.7 Å². The molecule has 2 N–H and O–H groups in total. The number of amides is 2. The van der Waals surface area contributed by atoms with E-state index in [1.807, 2.05) is 0 Å². The average molecular weight is 356 g/mol. The Morgan fingerprint density at radius 3 is 2.65 bits per heavy atom. The van der Waals surface area contributed by atoms with Crippen molar-refractivity contribution in [3.05, 3.63) is 58.0 Å². The number of carbonyl (C=O) groups is 2. The first-order chi connectivity index (χ1) is 12.6. The first kappa shape index (κ1) is 17.7. The van der Waals surface area contributed by atoms with Gasteiger partial charge in [-0.1, -0.05) is 6.07 Å². The maximum Gasteiger partial charge on any atom is 0.271 e. The first-order valence-electron chi connectivity index (χ1n) is 8.37. The van der Waals surface area contributed by atoms with Crippen LogP contribution in [0.25, 0.3) is 0 Å². The van der Waals surface area contributed by atoms with Crippen LogP contribution < -0.4 is 15.6 Å². The van der Waals surface area contributed by atoms with Gasteiger partial charge in [0.15, 0.2) is 0 Å². The lowest BCUT2D eigenvalue weighted by Crippen LogP contribution is -2.46. The highest BCUT2D eigenvalue weighted by Crippen LogP contribution is 2.18. The van der Waals surface area contributed by atoms with Crippen molar-refractivity contribution in [2.75, 3.05) is 20.2 Å². The molecule has 26 heavy (non-hydrogen) atoms. The van der Waals surface area contributed by atoms with Gasteiger partial charge < -0.3 is 15.0 Å². The zero-order chi connectivity index (χ0) is 18.5. The van der Waals surface area contributed by atoms with Gasteiger partial charge in [-0.2, -0.15) is 5.10 Å². The van der Waals surface area contributed by atoms with E-state index in [9.17, 15) is 14.4 Å². The fourth-order valence-corrected chi connectivity index (χ4v) is 2.90. The van der Waals surface area contributed by atoms with Gasteiger partial charge in [0.2, 0.25) is 0 Å². The molecule has 0 unspecified atom stereocenters. The number of hydrogen-bond acceptors (Lipinski definition) is 5. The van der Waals surface area contributed by atoms with Crippen molar-refractivity contribution >= 4 is 11.8 Å². The minimum atomic E-state index is -0.356. The zero-order valence-electron chi connectivity index (χ0n) is 14.4. The third kappa shape index (κ3) is 4.08. The number of benzene rings is 1. The van der Waals surface area contributed by atoms with E-state index >= 15 is 0 Å². The summed E-state index contributed by atoms with van der Waals surface area (Å²) in [7, 11) is 1.56. The number of piperidine rings is 1. The molecule has 8 heteroatoms. The van der Waals surface area contributed by atoms with E-state index in [0.29, 0.717) is 37.2 Å². The van der Waals surface area contributed by atoms with Crippen LogP contribution in [0.15, 0.2) is 41.2 Å². The van der Waals surface area contributed by atoms with Crippen LogP contribution in [-0.4, -0.2) is 53.2 Å². The van der Waals surface area contributed by atoms with E-state index in [-0.39, 0.29) is 29.1 Å². The summed E-state index contributed by atoms with van der Waals surface area (Å²) in [5.74, 6) is 0.265. The van der Waals surface area contributed by atoms with Gasteiger partial charge in [0, 0.05) is 30.8 Å². The molecule has 1 aliphatic rings. The third-order valence-electron chi connectivity index (χ3n) is 4.35. The Morgan fingerprint density at radius 1 is 1.23 bits per heavy atom. The van der Waals surface area contributed by atoms with Crippen molar-refractivity contribution in [3.63, 3.8) is 0 Å². The number of rotatable bonds is 4. The molecule has 1 saturated heterocycles. The summed E-state index contributed by atoms with van der Waals surface area (Å²) >= 11 is 0.